The van der Waals surface area contributed by atoms with Crippen molar-refractivity contribution in [3.8, 4) is 17.2 Å². The Balaban J connectivity index is 1.93. The summed E-state index contributed by atoms with van der Waals surface area (Å²) in [4.78, 5) is 2.24. The van der Waals surface area contributed by atoms with Gasteiger partial charge in [-0.3, -0.25) is 4.68 Å². The molecule has 3 aromatic heterocycles. The fourth-order valence-corrected chi connectivity index (χ4v) is 3.16. The fraction of sp³-hybridized carbons (Fsp3) is 0.312. The van der Waals surface area contributed by atoms with E-state index in [9.17, 15) is 5.26 Å². The van der Waals surface area contributed by atoms with Gasteiger partial charge in [0, 0.05) is 49.7 Å². The van der Waals surface area contributed by atoms with Gasteiger partial charge in [-0.1, -0.05) is 0 Å². The minimum atomic E-state index is 0.172. The molecule has 0 unspecified atom stereocenters. The molecule has 0 radical (unpaired) electrons. The van der Waals surface area contributed by atoms with Crippen molar-refractivity contribution < 1.29 is 0 Å². The molecule has 116 valence electrons. The molecule has 3 aromatic rings. The molecule has 1 fully saturated rings. The number of nitrogens with two attached hydrogens (primary N) is 1. The molecule has 23 heavy (non-hydrogen) atoms. The maximum absolute atomic E-state index is 9.37. The molecular formula is C16H17N7. The number of aromatic nitrogens is 4. The Hall–Kier alpha value is -2.85. The normalized spacial score (nSPS) is 17.8. The van der Waals surface area contributed by atoms with E-state index in [1.165, 1.54) is 0 Å². The number of hydrogen-bond acceptors (Lipinski definition) is 5. The predicted molar refractivity (Wildman–Crippen MR) is 86.9 cm³/mol. The van der Waals surface area contributed by atoms with Gasteiger partial charge in [0.25, 0.3) is 0 Å². The van der Waals surface area contributed by atoms with Gasteiger partial charge in [0.15, 0.2) is 0 Å². The zero-order valence-corrected chi connectivity index (χ0v) is 12.8. The topological polar surface area (TPSA) is 88.2 Å². The van der Waals surface area contributed by atoms with Crippen LogP contribution in [0.25, 0.3) is 16.6 Å². The lowest BCUT2D eigenvalue weighted by Crippen LogP contribution is -2.26. The van der Waals surface area contributed by atoms with Gasteiger partial charge in [-0.05, 0) is 12.5 Å². The van der Waals surface area contributed by atoms with Crippen LogP contribution in [0, 0.1) is 11.3 Å². The highest BCUT2D eigenvalue weighted by molar-refractivity contribution is 5.83. The molecule has 7 nitrogen and oxygen atoms in total. The van der Waals surface area contributed by atoms with E-state index in [4.69, 9.17) is 5.73 Å². The number of nitriles is 1. The molecule has 0 amide bonds. The molecular weight excluding hydrogens is 290 g/mol. The first-order valence-electron chi connectivity index (χ1n) is 7.57. The minimum absolute atomic E-state index is 0.172. The highest BCUT2D eigenvalue weighted by Gasteiger charge is 2.23. The second-order valence-electron chi connectivity index (χ2n) is 5.97. The molecule has 2 N–H and O–H groups in total. The Labute approximate surface area is 133 Å². The first-order chi connectivity index (χ1) is 11.2. The third kappa shape index (κ3) is 2.24. The van der Waals surface area contributed by atoms with Crippen LogP contribution in [0.1, 0.15) is 12.0 Å². The van der Waals surface area contributed by atoms with Crippen molar-refractivity contribution >= 4 is 11.2 Å². The van der Waals surface area contributed by atoms with Crippen LogP contribution in [-0.4, -0.2) is 38.5 Å². The molecule has 1 atom stereocenters. The van der Waals surface area contributed by atoms with Crippen molar-refractivity contribution in [2.24, 2.45) is 12.8 Å². The molecule has 4 rings (SSSR count). The van der Waals surface area contributed by atoms with E-state index < -0.39 is 0 Å². The van der Waals surface area contributed by atoms with Gasteiger partial charge >= 0.3 is 0 Å². The zero-order chi connectivity index (χ0) is 16.0. The monoisotopic (exact) mass is 307 g/mol. The lowest BCUT2D eigenvalue weighted by molar-refractivity contribution is 0.752. The third-order valence-corrected chi connectivity index (χ3v) is 4.32. The van der Waals surface area contributed by atoms with Crippen LogP contribution in [0.5, 0.6) is 0 Å². The van der Waals surface area contributed by atoms with Gasteiger partial charge in [-0.15, -0.1) is 0 Å². The largest absolute Gasteiger partial charge is 0.368 e. The maximum Gasteiger partial charge on any atom is 0.107 e. The summed E-state index contributed by atoms with van der Waals surface area (Å²) in [5.74, 6) is 0. The van der Waals surface area contributed by atoms with Crippen molar-refractivity contribution in [1.82, 2.24) is 19.4 Å². The summed E-state index contributed by atoms with van der Waals surface area (Å²) >= 11 is 0. The SMILES string of the molecule is Cn1cc(-c2cc(N3CC[C@H](N)C3)c3c(C#N)cnn3c2)cn1. The highest BCUT2D eigenvalue weighted by atomic mass is 15.3. The molecule has 1 aliphatic rings. The first kappa shape index (κ1) is 13.8. The van der Waals surface area contributed by atoms with Crippen LogP contribution in [0.4, 0.5) is 5.69 Å². The molecule has 1 saturated heterocycles. The number of anilines is 1. The van der Waals surface area contributed by atoms with Gasteiger partial charge < -0.3 is 10.6 Å². The number of rotatable bonds is 2. The average Bonchev–Trinajstić information content (AvgIpc) is 3.25. The molecule has 0 saturated carbocycles. The summed E-state index contributed by atoms with van der Waals surface area (Å²) in [7, 11) is 1.89. The number of aryl methyl sites for hydroxylation is 1. The second kappa shape index (κ2) is 5.11. The van der Waals surface area contributed by atoms with E-state index in [0.29, 0.717) is 5.56 Å². The lowest BCUT2D eigenvalue weighted by Gasteiger charge is -2.20. The smallest absolute Gasteiger partial charge is 0.107 e. The van der Waals surface area contributed by atoms with Gasteiger partial charge in [-0.25, -0.2) is 4.52 Å². The van der Waals surface area contributed by atoms with Crippen molar-refractivity contribution in [2.45, 2.75) is 12.5 Å². The molecule has 0 spiro atoms. The van der Waals surface area contributed by atoms with E-state index in [2.05, 4.69) is 27.2 Å². The average molecular weight is 307 g/mol. The summed E-state index contributed by atoms with van der Waals surface area (Å²) in [6.45, 7) is 1.69. The molecule has 0 aromatic carbocycles. The molecule has 1 aliphatic heterocycles. The Morgan fingerprint density at radius 2 is 2.13 bits per heavy atom. The quantitative estimate of drug-likeness (QED) is 0.767. The van der Waals surface area contributed by atoms with Crippen LogP contribution in [0.3, 0.4) is 0 Å². The van der Waals surface area contributed by atoms with Crippen LogP contribution in [0.2, 0.25) is 0 Å². The van der Waals surface area contributed by atoms with Gasteiger partial charge in [-0.2, -0.15) is 15.5 Å². The minimum Gasteiger partial charge on any atom is -0.368 e. The number of pyridine rings is 1. The Morgan fingerprint density at radius 1 is 1.26 bits per heavy atom. The van der Waals surface area contributed by atoms with Crippen LogP contribution >= 0.6 is 0 Å². The molecule has 4 heterocycles. The van der Waals surface area contributed by atoms with Gasteiger partial charge in [0.05, 0.1) is 23.6 Å². The van der Waals surface area contributed by atoms with Gasteiger partial charge in [0.2, 0.25) is 0 Å². The Kier molecular flexibility index (Phi) is 3.06. The van der Waals surface area contributed by atoms with Crippen molar-refractivity contribution in [1.29, 1.82) is 5.26 Å². The van der Waals surface area contributed by atoms with Crippen LogP contribution in [-0.2, 0) is 7.05 Å². The second-order valence-corrected chi connectivity index (χ2v) is 5.97. The summed E-state index contributed by atoms with van der Waals surface area (Å²) < 4.78 is 3.55. The van der Waals surface area contributed by atoms with Crippen molar-refractivity contribution in [3.63, 3.8) is 0 Å². The maximum atomic E-state index is 9.37. The fourth-order valence-electron chi connectivity index (χ4n) is 3.16. The summed E-state index contributed by atoms with van der Waals surface area (Å²) in [6, 6.07) is 4.51. The number of nitrogens with zero attached hydrogens (tertiary/aromatic N) is 6. The van der Waals surface area contributed by atoms with E-state index in [1.807, 2.05) is 25.6 Å². The Morgan fingerprint density at radius 3 is 2.78 bits per heavy atom. The predicted octanol–water partition coefficient (Wildman–Crippen LogP) is 1.14. The zero-order valence-electron chi connectivity index (χ0n) is 12.8. The molecule has 0 aliphatic carbocycles. The number of fused-ring (bicyclic) bond motifs is 1. The van der Waals surface area contributed by atoms with Crippen LogP contribution < -0.4 is 10.6 Å². The third-order valence-electron chi connectivity index (χ3n) is 4.32. The van der Waals surface area contributed by atoms with Crippen molar-refractivity contribution in [3.05, 3.63) is 36.4 Å². The van der Waals surface area contributed by atoms with E-state index >= 15 is 0 Å². The lowest BCUT2D eigenvalue weighted by atomic mass is 10.1. The summed E-state index contributed by atoms with van der Waals surface area (Å²) in [5, 5.41) is 18.0. The van der Waals surface area contributed by atoms with Gasteiger partial charge in [0.1, 0.15) is 11.6 Å². The van der Waals surface area contributed by atoms with Crippen molar-refractivity contribution in [2.75, 3.05) is 18.0 Å². The first-order valence-corrected chi connectivity index (χ1v) is 7.57. The molecule has 0 bridgehead atoms. The summed E-state index contributed by atoms with van der Waals surface area (Å²) in [5.41, 5.74) is 10.5. The highest BCUT2D eigenvalue weighted by Crippen LogP contribution is 2.32. The van der Waals surface area contributed by atoms with Crippen LogP contribution in [0.15, 0.2) is 30.9 Å². The summed E-state index contributed by atoms with van der Waals surface area (Å²) in [6.07, 6.45) is 8.30. The molecule has 7 heteroatoms. The van der Waals surface area contributed by atoms with E-state index in [0.717, 1.165) is 41.8 Å². The number of hydrogen-bond donors (Lipinski definition) is 1. The Bertz CT molecular complexity index is 914. The van der Waals surface area contributed by atoms with E-state index in [-0.39, 0.29) is 6.04 Å². The standard InChI is InChI=1S/C16H17N7/c1-21-8-13(7-19-21)11-4-15(22-3-2-14(18)10-22)16-12(5-17)6-20-23(16)9-11/h4,6-9,14H,2-3,10,18H2,1H3/t14-/m0/s1. The van der Waals surface area contributed by atoms with E-state index in [1.54, 1.807) is 15.4 Å².